The first-order valence-corrected chi connectivity index (χ1v) is 6.32. The second-order valence-corrected chi connectivity index (χ2v) is 4.88. The van der Waals surface area contributed by atoms with Gasteiger partial charge in [0.2, 0.25) is 5.82 Å². The monoisotopic (exact) mass is 281 g/mol. The molecule has 19 heavy (non-hydrogen) atoms. The van der Waals surface area contributed by atoms with E-state index in [9.17, 15) is 0 Å². The summed E-state index contributed by atoms with van der Waals surface area (Å²) in [6, 6.07) is 5.13. The molecular weight excluding hydrogens is 266 g/mol. The van der Waals surface area contributed by atoms with Gasteiger partial charge < -0.3 is 15.0 Å². The fraction of sp³-hybridized carbons (Fsp3) is 0.385. The van der Waals surface area contributed by atoms with Crippen LogP contribution in [0.2, 0.25) is 5.02 Å². The summed E-state index contributed by atoms with van der Waals surface area (Å²) < 4.78 is 10.7. The number of hydrogen-bond donors (Lipinski definition) is 1. The molecule has 2 aromatic rings. The van der Waals surface area contributed by atoms with Crippen molar-refractivity contribution in [3.05, 3.63) is 29.0 Å². The van der Waals surface area contributed by atoms with E-state index in [0.29, 0.717) is 28.0 Å². The minimum Gasteiger partial charge on any atom is -0.398 e. The quantitative estimate of drug-likeness (QED) is 0.871. The van der Waals surface area contributed by atoms with E-state index in [2.05, 4.69) is 10.1 Å². The first-order chi connectivity index (χ1) is 9.00. The van der Waals surface area contributed by atoms with Crippen molar-refractivity contribution in [3.63, 3.8) is 0 Å². The van der Waals surface area contributed by atoms with E-state index in [-0.39, 0.29) is 0 Å². The summed E-state index contributed by atoms with van der Waals surface area (Å²) in [5.74, 6) is 0.864. The van der Waals surface area contributed by atoms with Crippen molar-refractivity contribution in [3.8, 4) is 11.5 Å². The van der Waals surface area contributed by atoms with Gasteiger partial charge in [-0.3, -0.25) is 0 Å². The topological polar surface area (TPSA) is 74.2 Å². The lowest BCUT2D eigenvalue weighted by Crippen LogP contribution is -2.24. The molecule has 2 rings (SSSR count). The van der Waals surface area contributed by atoms with E-state index in [1.54, 1.807) is 25.3 Å². The van der Waals surface area contributed by atoms with E-state index in [1.165, 1.54) is 0 Å². The van der Waals surface area contributed by atoms with Crippen LogP contribution < -0.4 is 5.73 Å². The number of hydrogen-bond acceptors (Lipinski definition) is 5. The molecule has 0 amide bonds. The van der Waals surface area contributed by atoms with Gasteiger partial charge in [0.25, 0.3) is 5.89 Å². The molecule has 5 nitrogen and oxygen atoms in total. The van der Waals surface area contributed by atoms with Crippen LogP contribution in [0.5, 0.6) is 0 Å². The van der Waals surface area contributed by atoms with Crippen LogP contribution in [0, 0.1) is 0 Å². The summed E-state index contributed by atoms with van der Waals surface area (Å²) in [5, 5.41) is 4.54. The predicted molar refractivity (Wildman–Crippen MR) is 73.8 cm³/mol. The lowest BCUT2D eigenvalue weighted by Gasteiger charge is -2.21. The number of anilines is 1. The summed E-state index contributed by atoms with van der Waals surface area (Å²) >= 11 is 5.86. The lowest BCUT2D eigenvalue weighted by molar-refractivity contribution is -0.0106. The Kier molecular flexibility index (Phi) is 3.78. The van der Waals surface area contributed by atoms with Crippen LogP contribution in [0.4, 0.5) is 5.69 Å². The fourth-order valence-electron chi connectivity index (χ4n) is 1.67. The third-order valence-corrected chi connectivity index (χ3v) is 3.50. The van der Waals surface area contributed by atoms with E-state index < -0.39 is 5.60 Å². The van der Waals surface area contributed by atoms with E-state index in [1.807, 2.05) is 13.8 Å². The van der Waals surface area contributed by atoms with Gasteiger partial charge in [-0.2, -0.15) is 4.98 Å². The van der Waals surface area contributed by atoms with Crippen LogP contribution in [0.15, 0.2) is 22.7 Å². The van der Waals surface area contributed by atoms with Gasteiger partial charge in [0, 0.05) is 17.8 Å². The highest BCUT2D eigenvalue weighted by atomic mass is 35.5. The molecule has 2 N–H and O–H groups in total. The maximum Gasteiger partial charge on any atom is 0.260 e. The van der Waals surface area contributed by atoms with Crippen LogP contribution in [0.3, 0.4) is 0 Å². The minimum absolute atomic E-state index is 0.362. The molecule has 1 unspecified atom stereocenters. The Morgan fingerprint density at radius 1 is 1.47 bits per heavy atom. The average molecular weight is 282 g/mol. The normalized spacial score (nSPS) is 14.3. The van der Waals surface area contributed by atoms with Crippen LogP contribution in [-0.2, 0) is 10.3 Å². The molecule has 0 aliphatic carbocycles. The van der Waals surface area contributed by atoms with E-state index in [0.717, 1.165) is 6.42 Å². The number of nitrogens with zero attached hydrogens (tertiary/aromatic N) is 2. The SMILES string of the molecule is CCC(C)(OC)c1noc(-c2ccc(Cl)cc2N)n1. The third kappa shape index (κ3) is 2.57. The lowest BCUT2D eigenvalue weighted by atomic mass is 10.0. The summed E-state index contributed by atoms with van der Waals surface area (Å²) in [4.78, 5) is 4.36. The summed E-state index contributed by atoms with van der Waals surface area (Å²) in [6.07, 6.45) is 0.735. The zero-order valence-electron chi connectivity index (χ0n) is 11.1. The smallest absolute Gasteiger partial charge is 0.260 e. The molecule has 1 heterocycles. The zero-order valence-corrected chi connectivity index (χ0v) is 11.9. The summed E-state index contributed by atoms with van der Waals surface area (Å²) in [7, 11) is 1.62. The van der Waals surface area contributed by atoms with Gasteiger partial charge in [-0.05, 0) is 31.5 Å². The number of halogens is 1. The van der Waals surface area contributed by atoms with Gasteiger partial charge in [0.1, 0.15) is 5.60 Å². The van der Waals surface area contributed by atoms with Crippen LogP contribution in [0.25, 0.3) is 11.5 Å². The molecule has 1 aromatic carbocycles. The molecule has 0 aliphatic rings. The maximum absolute atomic E-state index is 5.89. The van der Waals surface area contributed by atoms with Crippen molar-refractivity contribution >= 4 is 17.3 Å². The second kappa shape index (κ2) is 5.19. The van der Waals surface area contributed by atoms with Crippen molar-refractivity contribution in [1.82, 2.24) is 10.1 Å². The first-order valence-electron chi connectivity index (χ1n) is 5.95. The maximum atomic E-state index is 5.89. The van der Waals surface area contributed by atoms with Crippen LogP contribution >= 0.6 is 11.6 Å². The van der Waals surface area contributed by atoms with E-state index in [4.69, 9.17) is 26.6 Å². The Bertz CT molecular complexity index is 579. The molecule has 1 aromatic heterocycles. The van der Waals surface area contributed by atoms with Crippen molar-refractivity contribution in [2.45, 2.75) is 25.9 Å². The molecule has 0 aliphatic heterocycles. The largest absolute Gasteiger partial charge is 0.398 e. The number of rotatable bonds is 4. The standard InChI is InChI=1S/C13H16ClN3O2/c1-4-13(2,18-3)12-16-11(19-17-12)9-6-5-8(14)7-10(9)15/h5-7H,4,15H2,1-3H3. The van der Waals surface area contributed by atoms with Gasteiger partial charge in [-0.15, -0.1) is 0 Å². The van der Waals surface area contributed by atoms with Gasteiger partial charge in [0.05, 0.1) is 5.56 Å². The molecule has 6 heteroatoms. The number of benzene rings is 1. The van der Waals surface area contributed by atoms with Gasteiger partial charge in [-0.25, -0.2) is 0 Å². The highest BCUT2D eigenvalue weighted by molar-refractivity contribution is 6.31. The Hall–Kier alpha value is -1.59. The molecule has 0 radical (unpaired) electrons. The number of nitrogen functional groups attached to an aromatic ring is 1. The molecule has 0 fully saturated rings. The first kappa shape index (κ1) is 13.8. The molecule has 0 spiro atoms. The molecular formula is C13H16ClN3O2. The third-order valence-electron chi connectivity index (χ3n) is 3.27. The highest BCUT2D eigenvalue weighted by Crippen LogP contribution is 2.31. The summed E-state index contributed by atoms with van der Waals surface area (Å²) in [5.41, 5.74) is 6.49. The molecule has 0 saturated carbocycles. The van der Waals surface area contributed by atoms with Crippen LogP contribution in [-0.4, -0.2) is 17.3 Å². The number of aromatic nitrogens is 2. The fourth-order valence-corrected chi connectivity index (χ4v) is 1.85. The number of ether oxygens (including phenoxy) is 1. The van der Waals surface area contributed by atoms with Gasteiger partial charge in [0.15, 0.2) is 0 Å². The van der Waals surface area contributed by atoms with Crippen molar-refractivity contribution in [2.24, 2.45) is 0 Å². The number of methoxy groups -OCH3 is 1. The van der Waals surface area contributed by atoms with Crippen molar-refractivity contribution in [1.29, 1.82) is 0 Å². The van der Waals surface area contributed by atoms with Gasteiger partial charge >= 0.3 is 0 Å². The molecule has 1 atom stereocenters. The Morgan fingerprint density at radius 3 is 2.79 bits per heavy atom. The minimum atomic E-state index is -0.567. The Balaban J connectivity index is 2.41. The van der Waals surface area contributed by atoms with E-state index >= 15 is 0 Å². The Labute approximate surface area is 116 Å². The zero-order chi connectivity index (χ0) is 14.0. The van der Waals surface area contributed by atoms with Crippen molar-refractivity contribution < 1.29 is 9.26 Å². The number of nitrogens with two attached hydrogens (primary N) is 1. The predicted octanol–water partition coefficient (Wildman–Crippen LogP) is 3.24. The Morgan fingerprint density at radius 2 is 2.21 bits per heavy atom. The van der Waals surface area contributed by atoms with Gasteiger partial charge in [-0.1, -0.05) is 23.7 Å². The van der Waals surface area contributed by atoms with Crippen molar-refractivity contribution in [2.75, 3.05) is 12.8 Å². The summed E-state index contributed by atoms with van der Waals surface area (Å²) in [6.45, 7) is 3.91. The molecule has 0 bridgehead atoms. The second-order valence-electron chi connectivity index (χ2n) is 4.44. The molecule has 0 saturated heterocycles. The highest BCUT2D eigenvalue weighted by Gasteiger charge is 2.30. The average Bonchev–Trinajstić information content (AvgIpc) is 2.88. The molecule has 102 valence electrons. The van der Waals surface area contributed by atoms with Crippen LogP contribution in [0.1, 0.15) is 26.1 Å².